The summed E-state index contributed by atoms with van der Waals surface area (Å²) in [5, 5.41) is 0. The second-order valence-corrected chi connectivity index (χ2v) is 7.49. The molecule has 0 aromatic heterocycles. The molecular formula is C17H20BrNO2. The number of fused-ring (bicyclic) bond motifs is 3. The van der Waals surface area contributed by atoms with Gasteiger partial charge in [-0.3, -0.25) is 4.90 Å². The highest BCUT2D eigenvalue weighted by molar-refractivity contribution is 9.10. The Morgan fingerprint density at radius 3 is 2.86 bits per heavy atom. The minimum absolute atomic E-state index is 0.0189. The Morgan fingerprint density at radius 1 is 1.24 bits per heavy atom. The van der Waals surface area contributed by atoms with Crippen molar-refractivity contribution in [3.8, 4) is 0 Å². The van der Waals surface area contributed by atoms with E-state index in [-0.39, 0.29) is 18.2 Å². The second kappa shape index (κ2) is 5.31. The third-order valence-electron chi connectivity index (χ3n) is 5.20. The zero-order valence-corrected chi connectivity index (χ0v) is 13.6. The largest absolute Gasteiger partial charge is 0.443 e. The van der Waals surface area contributed by atoms with Crippen molar-refractivity contribution in [3.63, 3.8) is 0 Å². The van der Waals surface area contributed by atoms with Crippen LogP contribution in [0.25, 0.3) is 0 Å². The molecule has 2 unspecified atom stereocenters. The summed E-state index contributed by atoms with van der Waals surface area (Å²) in [6.45, 7) is 0.867. The van der Waals surface area contributed by atoms with Crippen LogP contribution in [0.3, 0.4) is 0 Å². The predicted molar refractivity (Wildman–Crippen MR) is 84.1 cm³/mol. The van der Waals surface area contributed by atoms with Crippen LogP contribution in [0.15, 0.2) is 22.7 Å². The molecule has 2 atom stereocenters. The Morgan fingerprint density at radius 2 is 2.05 bits per heavy atom. The van der Waals surface area contributed by atoms with Gasteiger partial charge in [0.2, 0.25) is 0 Å². The first-order valence-electron chi connectivity index (χ1n) is 7.98. The van der Waals surface area contributed by atoms with Crippen molar-refractivity contribution in [2.24, 2.45) is 5.92 Å². The summed E-state index contributed by atoms with van der Waals surface area (Å²) in [5.74, 6) is 0.654. The Balaban J connectivity index is 1.60. The normalized spacial score (nSPS) is 28.4. The van der Waals surface area contributed by atoms with Crippen LogP contribution in [0.2, 0.25) is 0 Å². The van der Waals surface area contributed by atoms with Gasteiger partial charge in [-0.2, -0.15) is 0 Å². The number of hydrogen-bond donors (Lipinski definition) is 0. The van der Waals surface area contributed by atoms with Gasteiger partial charge in [0.15, 0.2) is 0 Å². The number of rotatable bonds is 2. The van der Waals surface area contributed by atoms with Crippen molar-refractivity contribution >= 4 is 22.0 Å². The molecule has 4 rings (SSSR count). The van der Waals surface area contributed by atoms with Crippen LogP contribution < -0.4 is 0 Å². The zero-order valence-electron chi connectivity index (χ0n) is 12.1. The topological polar surface area (TPSA) is 29.5 Å². The maximum Gasteiger partial charge on any atom is 0.410 e. The molecule has 0 spiro atoms. The van der Waals surface area contributed by atoms with E-state index >= 15 is 0 Å². The van der Waals surface area contributed by atoms with Crippen LogP contribution in [0.4, 0.5) is 4.79 Å². The van der Waals surface area contributed by atoms with E-state index in [1.54, 1.807) is 0 Å². The molecule has 4 heteroatoms. The van der Waals surface area contributed by atoms with E-state index in [2.05, 4.69) is 34.1 Å². The Bertz CT molecular complexity index is 568. The smallest absolute Gasteiger partial charge is 0.410 e. The second-order valence-electron chi connectivity index (χ2n) is 6.57. The van der Waals surface area contributed by atoms with Gasteiger partial charge in [0.1, 0.15) is 6.10 Å². The lowest BCUT2D eigenvalue weighted by atomic mass is 9.88. The summed E-state index contributed by atoms with van der Waals surface area (Å²) in [4.78, 5) is 14.2. The van der Waals surface area contributed by atoms with Crippen LogP contribution in [-0.4, -0.2) is 23.6 Å². The lowest BCUT2D eigenvalue weighted by molar-refractivity contribution is 0.129. The molecule has 0 N–H and O–H groups in total. The van der Waals surface area contributed by atoms with Crippen molar-refractivity contribution in [2.75, 3.05) is 6.54 Å². The summed E-state index contributed by atoms with van der Waals surface area (Å²) in [6.07, 6.45) is 7.25. The quantitative estimate of drug-likeness (QED) is 0.789. The Labute approximate surface area is 133 Å². The lowest BCUT2D eigenvalue weighted by Gasteiger charge is -2.29. The number of ether oxygens (including phenoxy) is 1. The van der Waals surface area contributed by atoms with Crippen molar-refractivity contribution < 1.29 is 9.53 Å². The van der Waals surface area contributed by atoms with Crippen LogP contribution in [0.1, 0.15) is 49.3 Å². The monoisotopic (exact) mass is 349 g/mol. The van der Waals surface area contributed by atoms with E-state index in [0.29, 0.717) is 5.92 Å². The van der Waals surface area contributed by atoms with Gasteiger partial charge in [-0.1, -0.05) is 41.3 Å². The maximum absolute atomic E-state index is 12.2. The predicted octanol–water partition coefficient (Wildman–Crippen LogP) is 4.45. The molecule has 112 valence electrons. The van der Waals surface area contributed by atoms with Crippen molar-refractivity contribution in [2.45, 2.75) is 50.7 Å². The first-order chi connectivity index (χ1) is 10.2. The molecule has 1 amide bonds. The zero-order chi connectivity index (χ0) is 14.4. The van der Waals surface area contributed by atoms with Crippen LogP contribution >= 0.6 is 15.9 Å². The van der Waals surface area contributed by atoms with Crippen LogP contribution in [0.5, 0.6) is 0 Å². The number of benzene rings is 1. The highest BCUT2D eigenvalue weighted by Gasteiger charge is 2.48. The molecule has 0 bridgehead atoms. The van der Waals surface area contributed by atoms with E-state index in [4.69, 9.17) is 4.74 Å². The summed E-state index contributed by atoms with van der Waals surface area (Å²) in [6, 6.07) is 6.53. The first kappa shape index (κ1) is 13.6. The van der Waals surface area contributed by atoms with Crippen molar-refractivity contribution in [1.82, 2.24) is 4.90 Å². The molecule has 3 nitrogen and oxygen atoms in total. The standard InChI is InChI=1S/C17H20BrNO2/c18-13-7-6-12-8-15-16(14(12)9-13)19(17(20)21-15)10-11-4-2-1-3-5-11/h6-7,9,11,15-16H,1-5,8,10H2. The van der Waals surface area contributed by atoms with E-state index in [1.165, 1.54) is 43.2 Å². The third-order valence-corrected chi connectivity index (χ3v) is 5.70. The number of carbonyl (C=O) groups is 1. The summed E-state index contributed by atoms with van der Waals surface area (Å²) >= 11 is 3.55. The molecule has 21 heavy (non-hydrogen) atoms. The molecule has 1 aromatic carbocycles. The minimum Gasteiger partial charge on any atom is -0.443 e. The Kier molecular flexibility index (Phi) is 3.44. The number of hydrogen-bond acceptors (Lipinski definition) is 2. The average molecular weight is 350 g/mol. The molecule has 1 saturated heterocycles. The average Bonchev–Trinajstić information content (AvgIpc) is 2.97. The van der Waals surface area contributed by atoms with E-state index in [0.717, 1.165) is 17.4 Å². The highest BCUT2D eigenvalue weighted by atomic mass is 79.9. The molecular weight excluding hydrogens is 330 g/mol. The van der Waals surface area contributed by atoms with Gasteiger partial charge in [-0.25, -0.2) is 4.79 Å². The van der Waals surface area contributed by atoms with Gasteiger partial charge in [-0.15, -0.1) is 0 Å². The van der Waals surface area contributed by atoms with E-state index in [9.17, 15) is 4.79 Å². The number of halogens is 1. The van der Waals surface area contributed by atoms with Gasteiger partial charge in [-0.05, 0) is 42.0 Å². The number of nitrogens with zero attached hydrogens (tertiary/aromatic N) is 1. The van der Waals surface area contributed by atoms with E-state index < -0.39 is 0 Å². The number of amides is 1. The summed E-state index contributed by atoms with van der Waals surface area (Å²) < 4.78 is 6.72. The maximum atomic E-state index is 12.2. The van der Waals surface area contributed by atoms with Gasteiger partial charge < -0.3 is 4.74 Å². The third kappa shape index (κ3) is 2.37. The summed E-state index contributed by atoms with van der Waals surface area (Å²) in [7, 11) is 0. The SMILES string of the molecule is O=C1OC2Cc3ccc(Br)cc3C2N1CC1CCCCC1. The van der Waals surface area contributed by atoms with Crippen LogP contribution in [0, 0.1) is 5.92 Å². The molecule has 1 heterocycles. The lowest BCUT2D eigenvalue weighted by Crippen LogP contribution is -2.33. The van der Waals surface area contributed by atoms with Crippen molar-refractivity contribution in [1.29, 1.82) is 0 Å². The molecule has 0 radical (unpaired) electrons. The highest BCUT2D eigenvalue weighted by Crippen LogP contribution is 2.44. The fourth-order valence-corrected chi connectivity index (χ4v) is 4.56. The Hall–Kier alpha value is -1.03. The summed E-state index contributed by atoms with van der Waals surface area (Å²) in [5.41, 5.74) is 2.60. The minimum atomic E-state index is -0.110. The molecule has 2 aliphatic carbocycles. The number of carbonyl (C=O) groups excluding carboxylic acids is 1. The van der Waals surface area contributed by atoms with Gasteiger partial charge >= 0.3 is 6.09 Å². The van der Waals surface area contributed by atoms with Gasteiger partial charge in [0, 0.05) is 17.4 Å². The van der Waals surface area contributed by atoms with Gasteiger partial charge in [0.25, 0.3) is 0 Å². The van der Waals surface area contributed by atoms with Crippen molar-refractivity contribution in [3.05, 3.63) is 33.8 Å². The van der Waals surface area contributed by atoms with Crippen LogP contribution in [-0.2, 0) is 11.2 Å². The molecule has 1 aliphatic heterocycles. The van der Waals surface area contributed by atoms with Gasteiger partial charge in [0.05, 0.1) is 6.04 Å². The van der Waals surface area contributed by atoms with E-state index in [1.807, 2.05) is 4.90 Å². The fraction of sp³-hybridized carbons (Fsp3) is 0.588. The molecule has 1 aromatic rings. The first-order valence-corrected chi connectivity index (χ1v) is 8.77. The fourth-order valence-electron chi connectivity index (χ4n) is 4.18. The molecule has 1 saturated carbocycles. The molecule has 3 aliphatic rings. The molecule has 2 fully saturated rings.